The minimum atomic E-state index is 0.140. The monoisotopic (exact) mass is 222 g/mol. The molecule has 2 fully saturated rings. The first-order valence-electron chi connectivity index (χ1n) is 6.08. The molecule has 1 amide bonds. The van der Waals surface area contributed by atoms with Gasteiger partial charge in [-0.1, -0.05) is 0 Å². The van der Waals surface area contributed by atoms with E-state index in [1.165, 1.54) is 0 Å². The summed E-state index contributed by atoms with van der Waals surface area (Å²) in [4.78, 5) is 13.8. The Balaban J connectivity index is 1.75. The summed E-state index contributed by atoms with van der Waals surface area (Å²) in [7, 11) is 0. The first-order valence-corrected chi connectivity index (χ1v) is 6.08. The number of carbonyl (C=O) groups is 1. The third-order valence-electron chi connectivity index (χ3n) is 3.46. The van der Waals surface area contributed by atoms with Crippen molar-refractivity contribution < 1.29 is 9.53 Å². The number of nitrogens with zero attached hydrogens (tertiary/aromatic N) is 2. The molecule has 0 bridgehead atoms. The van der Waals surface area contributed by atoms with Gasteiger partial charge in [-0.2, -0.15) is 5.26 Å². The number of ether oxygens (including phenoxy) is 1. The van der Waals surface area contributed by atoms with Crippen molar-refractivity contribution in [3.05, 3.63) is 0 Å². The van der Waals surface area contributed by atoms with Gasteiger partial charge in [-0.15, -0.1) is 0 Å². The van der Waals surface area contributed by atoms with Gasteiger partial charge in [0, 0.05) is 25.6 Å². The van der Waals surface area contributed by atoms with Gasteiger partial charge in [0.05, 0.1) is 18.6 Å². The Morgan fingerprint density at radius 1 is 1.38 bits per heavy atom. The summed E-state index contributed by atoms with van der Waals surface area (Å²) in [6.07, 6.45) is 4.41. The SMILES string of the molecule is N#CC1CCN(C(=O)C[C@H]2CCCO2)CC1. The number of hydrogen-bond acceptors (Lipinski definition) is 3. The van der Waals surface area contributed by atoms with E-state index in [9.17, 15) is 4.79 Å². The molecular formula is C12H18N2O2. The van der Waals surface area contributed by atoms with Gasteiger partial charge >= 0.3 is 0 Å². The average molecular weight is 222 g/mol. The second-order valence-electron chi connectivity index (χ2n) is 4.62. The Kier molecular flexibility index (Phi) is 3.79. The molecule has 0 aromatic rings. The lowest BCUT2D eigenvalue weighted by atomic mass is 9.98. The van der Waals surface area contributed by atoms with Crippen LogP contribution in [0, 0.1) is 17.2 Å². The van der Waals surface area contributed by atoms with E-state index in [1.54, 1.807) is 0 Å². The fourth-order valence-corrected chi connectivity index (χ4v) is 2.39. The second kappa shape index (κ2) is 5.31. The van der Waals surface area contributed by atoms with Crippen LogP contribution in [0.1, 0.15) is 32.1 Å². The van der Waals surface area contributed by atoms with Crippen molar-refractivity contribution in [3.8, 4) is 6.07 Å². The van der Waals surface area contributed by atoms with E-state index >= 15 is 0 Å². The minimum absolute atomic E-state index is 0.140. The highest BCUT2D eigenvalue weighted by atomic mass is 16.5. The van der Waals surface area contributed by atoms with Crippen LogP contribution in [0.4, 0.5) is 0 Å². The summed E-state index contributed by atoms with van der Waals surface area (Å²) < 4.78 is 5.46. The van der Waals surface area contributed by atoms with Crippen LogP contribution in [0.5, 0.6) is 0 Å². The smallest absolute Gasteiger partial charge is 0.225 e. The molecule has 2 saturated heterocycles. The van der Waals surface area contributed by atoms with E-state index < -0.39 is 0 Å². The van der Waals surface area contributed by atoms with E-state index in [-0.39, 0.29) is 17.9 Å². The first-order chi connectivity index (χ1) is 7.79. The molecule has 2 aliphatic heterocycles. The molecule has 0 unspecified atom stereocenters. The normalized spacial score (nSPS) is 26.7. The van der Waals surface area contributed by atoms with E-state index in [2.05, 4.69) is 6.07 Å². The predicted molar refractivity (Wildman–Crippen MR) is 58.5 cm³/mol. The second-order valence-corrected chi connectivity index (χ2v) is 4.62. The molecule has 0 aliphatic carbocycles. The van der Waals surface area contributed by atoms with Crippen molar-refractivity contribution in [3.63, 3.8) is 0 Å². The van der Waals surface area contributed by atoms with Crippen LogP contribution in [0.15, 0.2) is 0 Å². The van der Waals surface area contributed by atoms with E-state index in [0.717, 1.165) is 45.4 Å². The van der Waals surface area contributed by atoms with Gasteiger partial charge in [-0.3, -0.25) is 4.79 Å². The molecule has 2 heterocycles. The van der Waals surface area contributed by atoms with Crippen LogP contribution >= 0.6 is 0 Å². The molecule has 4 heteroatoms. The molecule has 0 aromatic heterocycles. The number of carbonyl (C=O) groups excluding carboxylic acids is 1. The van der Waals surface area contributed by atoms with Crippen LogP contribution in [-0.2, 0) is 9.53 Å². The lowest BCUT2D eigenvalue weighted by molar-refractivity contribution is -0.134. The third kappa shape index (κ3) is 2.73. The molecule has 4 nitrogen and oxygen atoms in total. The molecular weight excluding hydrogens is 204 g/mol. The molecule has 0 radical (unpaired) electrons. The van der Waals surface area contributed by atoms with E-state index in [4.69, 9.17) is 10.00 Å². The summed E-state index contributed by atoms with van der Waals surface area (Å²) in [5.74, 6) is 0.343. The lowest BCUT2D eigenvalue weighted by Crippen LogP contribution is -2.39. The highest BCUT2D eigenvalue weighted by molar-refractivity contribution is 5.76. The van der Waals surface area contributed by atoms with Crippen LogP contribution in [0.25, 0.3) is 0 Å². The molecule has 88 valence electrons. The van der Waals surface area contributed by atoms with Crippen LogP contribution in [0.3, 0.4) is 0 Å². The highest BCUT2D eigenvalue weighted by Gasteiger charge is 2.26. The molecule has 2 rings (SSSR count). The number of piperidine rings is 1. The average Bonchev–Trinajstić information content (AvgIpc) is 2.82. The van der Waals surface area contributed by atoms with Gasteiger partial charge in [-0.25, -0.2) is 0 Å². The first kappa shape index (κ1) is 11.4. The van der Waals surface area contributed by atoms with Gasteiger partial charge in [0.1, 0.15) is 0 Å². The summed E-state index contributed by atoms with van der Waals surface area (Å²) in [5.41, 5.74) is 0. The van der Waals surface area contributed by atoms with Gasteiger partial charge in [0.2, 0.25) is 5.91 Å². The van der Waals surface area contributed by atoms with Gasteiger partial charge < -0.3 is 9.64 Å². The number of nitriles is 1. The van der Waals surface area contributed by atoms with Crippen molar-refractivity contribution in [1.82, 2.24) is 4.90 Å². The maximum atomic E-state index is 11.9. The van der Waals surface area contributed by atoms with Crippen molar-refractivity contribution in [1.29, 1.82) is 5.26 Å². The summed E-state index contributed by atoms with van der Waals surface area (Å²) in [6.45, 7) is 2.28. The van der Waals surface area contributed by atoms with Crippen LogP contribution in [-0.4, -0.2) is 36.6 Å². The molecule has 2 aliphatic rings. The maximum Gasteiger partial charge on any atom is 0.225 e. The predicted octanol–water partition coefficient (Wildman–Crippen LogP) is 1.32. The van der Waals surface area contributed by atoms with Gasteiger partial charge in [-0.05, 0) is 25.7 Å². The minimum Gasteiger partial charge on any atom is -0.378 e. The number of likely N-dealkylation sites (tertiary alicyclic amines) is 1. The molecule has 1 atom stereocenters. The zero-order chi connectivity index (χ0) is 11.4. The molecule has 0 saturated carbocycles. The fraction of sp³-hybridized carbons (Fsp3) is 0.833. The highest BCUT2D eigenvalue weighted by Crippen LogP contribution is 2.20. The Morgan fingerprint density at radius 3 is 2.69 bits per heavy atom. The Labute approximate surface area is 96.2 Å². The van der Waals surface area contributed by atoms with Gasteiger partial charge in [0.15, 0.2) is 0 Å². The third-order valence-corrected chi connectivity index (χ3v) is 3.46. The standard InChI is InChI=1S/C12H18N2O2/c13-9-10-3-5-14(6-4-10)12(15)8-11-2-1-7-16-11/h10-11H,1-8H2/t11-/m1/s1. The number of hydrogen-bond donors (Lipinski definition) is 0. The van der Waals surface area contributed by atoms with E-state index in [0.29, 0.717) is 6.42 Å². The number of amides is 1. The topological polar surface area (TPSA) is 53.3 Å². The van der Waals surface area contributed by atoms with Crippen molar-refractivity contribution >= 4 is 5.91 Å². The molecule has 0 aromatic carbocycles. The number of rotatable bonds is 2. The summed E-state index contributed by atoms with van der Waals surface area (Å²) in [6, 6.07) is 2.27. The largest absolute Gasteiger partial charge is 0.378 e. The molecule has 0 N–H and O–H groups in total. The summed E-state index contributed by atoms with van der Waals surface area (Å²) >= 11 is 0. The van der Waals surface area contributed by atoms with Gasteiger partial charge in [0.25, 0.3) is 0 Å². The van der Waals surface area contributed by atoms with Crippen molar-refractivity contribution in [2.24, 2.45) is 5.92 Å². The Bertz CT molecular complexity index is 284. The fourth-order valence-electron chi connectivity index (χ4n) is 2.39. The van der Waals surface area contributed by atoms with Crippen molar-refractivity contribution in [2.45, 2.75) is 38.2 Å². The Hall–Kier alpha value is -1.08. The maximum absolute atomic E-state index is 11.9. The van der Waals surface area contributed by atoms with E-state index in [1.807, 2.05) is 4.90 Å². The Morgan fingerprint density at radius 2 is 2.12 bits per heavy atom. The van der Waals surface area contributed by atoms with Crippen LogP contribution < -0.4 is 0 Å². The van der Waals surface area contributed by atoms with Crippen LogP contribution in [0.2, 0.25) is 0 Å². The van der Waals surface area contributed by atoms with Crippen molar-refractivity contribution in [2.75, 3.05) is 19.7 Å². The molecule has 0 spiro atoms. The zero-order valence-corrected chi connectivity index (χ0v) is 9.52. The lowest BCUT2D eigenvalue weighted by Gasteiger charge is -2.29. The molecule has 16 heavy (non-hydrogen) atoms. The summed E-state index contributed by atoms with van der Waals surface area (Å²) in [5, 5.41) is 8.77. The zero-order valence-electron chi connectivity index (χ0n) is 9.52. The quantitative estimate of drug-likeness (QED) is 0.708.